The highest BCUT2D eigenvalue weighted by Crippen LogP contribution is 2.27. The van der Waals surface area contributed by atoms with Crippen LogP contribution in [0.15, 0.2) is 27.6 Å². The Balaban J connectivity index is 2.53. The van der Waals surface area contributed by atoms with Crippen LogP contribution >= 0.6 is 27.7 Å². The number of hydrogen-bond donors (Lipinski definition) is 1. The van der Waals surface area contributed by atoms with Gasteiger partial charge in [0.05, 0.1) is 0 Å². The molecule has 4 heteroatoms. The SMILES string of the molecule is COCCCSc1cc(Br)ccc1CNCC(C)C. The van der Waals surface area contributed by atoms with Crippen molar-refractivity contribution in [3.05, 3.63) is 28.2 Å². The van der Waals surface area contributed by atoms with Gasteiger partial charge in [0.15, 0.2) is 0 Å². The van der Waals surface area contributed by atoms with Crippen molar-refractivity contribution in [2.45, 2.75) is 31.7 Å². The van der Waals surface area contributed by atoms with Crippen LogP contribution in [-0.4, -0.2) is 26.0 Å². The molecular weight excluding hydrogens is 322 g/mol. The summed E-state index contributed by atoms with van der Waals surface area (Å²) in [5.74, 6) is 1.79. The van der Waals surface area contributed by atoms with Crippen molar-refractivity contribution in [2.75, 3.05) is 26.0 Å². The van der Waals surface area contributed by atoms with Gasteiger partial charge in [0.1, 0.15) is 0 Å². The number of rotatable bonds is 9. The molecule has 0 radical (unpaired) electrons. The number of methoxy groups -OCH3 is 1. The maximum atomic E-state index is 5.09. The van der Waals surface area contributed by atoms with Crippen molar-refractivity contribution >= 4 is 27.7 Å². The summed E-state index contributed by atoms with van der Waals surface area (Å²) in [6.07, 6.45) is 1.09. The van der Waals surface area contributed by atoms with Gasteiger partial charge in [-0.25, -0.2) is 0 Å². The van der Waals surface area contributed by atoms with E-state index in [0.717, 1.165) is 36.3 Å². The Kier molecular flexibility index (Phi) is 8.79. The molecule has 0 aliphatic carbocycles. The van der Waals surface area contributed by atoms with E-state index in [-0.39, 0.29) is 0 Å². The van der Waals surface area contributed by atoms with Crippen molar-refractivity contribution in [1.82, 2.24) is 5.32 Å². The summed E-state index contributed by atoms with van der Waals surface area (Å²) >= 11 is 5.46. The quantitative estimate of drug-likeness (QED) is 0.531. The molecule has 1 aromatic rings. The van der Waals surface area contributed by atoms with Gasteiger partial charge in [-0.1, -0.05) is 35.8 Å². The molecule has 2 nitrogen and oxygen atoms in total. The number of nitrogens with one attached hydrogen (secondary N) is 1. The van der Waals surface area contributed by atoms with E-state index in [1.54, 1.807) is 7.11 Å². The molecule has 1 N–H and O–H groups in total. The van der Waals surface area contributed by atoms with Crippen molar-refractivity contribution in [3.8, 4) is 0 Å². The number of hydrogen-bond acceptors (Lipinski definition) is 3. The van der Waals surface area contributed by atoms with Crippen LogP contribution in [-0.2, 0) is 11.3 Å². The lowest BCUT2D eigenvalue weighted by atomic mass is 10.2. The third-order valence-electron chi connectivity index (χ3n) is 2.65. The van der Waals surface area contributed by atoms with E-state index in [0.29, 0.717) is 5.92 Å². The van der Waals surface area contributed by atoms with Crippen LogP contribution in [0.2, 0.25) is 0 Å². The number of ether oxygens (including phenoxy) is 1. The van der Waals surface area contributed by atoms with E-state index in [2.05, 4.69) is 53.3 Å². The predicted octanol–water partition coefficient (Wildman–Crippen LogP) is 4.32. The normalized spacial score (nSPS) is 11.2. The van der Waals surface area contributed by atoms with E-state index in [4.69, 9.17) is 4.74 Å². The molecule has 0 saturated heterocycles. The zero-order valence-electron chi connectivity index (χ0n) is 12.0. The van der Waals surface area contributed by atoms with Crippen LogP contribution in [0.1, 0.15) is 25.8 Å². The Labute approximate surface area is 129 Å². The maximum Gasteiger partial charge on any atom is 0.0470 e. The number of halogens is 1. The van der Waals surface area contributed by atoms with Crippen LogP contribution in [0.5, 0.6) is 0 Å². The van der Waals surface area contributed by atoms with Gasteiger partial charge >= 0.3 is 0 Å². The molecule has 1 aromatic carbocycles. The minimum atomic E-state index is 0.688. The fourth-order valence-corrected chi connectivity index (χ4v) is 3.22. The van der Waals surface area contributed by atoms with Gasteiger partial charge in [0, 0.05) is 35.4 Å². The lowest BCUT2D eigenvalue weighted by Gasteiger charge is -2.12. The van der Waals surface area contributed by atoms with Gasteiger partial charge in [-0.15, -0.1) is 11.8 Å². The Morgan fingerprint density at radius 3 is 2.84 bits per heavy atom. The lowest BCUT2D eigenvalue weighted by Crippen LogP contribution is -2.19. The second kappa shape index (κ2) is 9.81. The molecule has 0 spiro atoms. The van der Waals surface area contributed by atoms with Crippen LogP contribution < -0.4 is 5.32 Å². The van der Waals surface area contributed by atoms with E-state index in [9.17, 15) is 0 Å². The summed E-state index contributed by atoms with van der Waals surface area (Å²) in [4.78, 5) is 1.36. The molecular formula is C15H24BrNOS. The Morgan fingerprint density at radius 1 is 1.37 bits per heavy atom. The van der Waals surface area contributed by atoms with Crippen molar-refractivity contribution in [2.24, 2.45) is 5.92 Å². The van der Waals surface area contributed by atoms with Gasteiger partial charge in [-0.05, 0) is 36.6 Å². The Bertz CT molecular complexity index is 371. The van der Waals surface area contributed by atoms with E-state index >= 15 is 0 Å². The maximum absolute atomic E-state index is 5.09. The standard InChI is InChI=1S/C15H24BrNOS/c1-12(2)10-17-11-13-5-6-14(16)9-15(13)19-8-4-7-18-3/h5-6,9,12,17H,4,7-8,10-11H2,1-3H3. The predicted molar refractivity (Wildman–Crippen MR) is 87.9 cm³/mol. The van der Waals surface area contributed by atoms with Gasteiger partial charge in [0.25, 0.3) is 0 Å². The summed E-state index contributed by atoms with van der Waals surface area (Å²) in [6.45, 7) is 7.30. The first-order valence-corrected chi connectivity index (χ1v) is 8.52. The molecule has 108 valence electrons. The summed E-state index contributed by atoms with van der Waals surface area (Å²) < 4.78 is 6.24. The van der Waals surface area contributed by atoms with Crippen molar-refractivity contribution in [1.29, 1.82) is 0 Å². The summed E-state index contributed by atoms with van der Waals surface area (Å²) in [6, 6.07) is 6.53. The van der Waals surface area contributed by atoms with Crippen LogP contribution in [0.25, 0.3) is 0 Å². The fourth-order valence-electron chi connectivity index (χ4n) is 1.69. The second-order valence-corrected chi connectivity index (χ2v) is 7.02. The smallest absolute Gasteiger partial charge is 0.0470 e. The van der Waals surface area contributed by atoms with Gasteiger partial charge < -0.3 is 10.1 Å². The molecule has 0 fully saturated rings. The summed E-state index contributed by atoms with van der Waals surface area (Å²) in [5, 5.41) is 3.51. The number of benzene rings is 1. The molecule has 0 unspecified atom stereocenters. The zero-order chi connectivity index (χ0) is 14.1. The fraction of sp³-hybridized carbons (Fsp3) is 0.600. The zero-order valence-corrected chi connectivity index (χ0v) is 14.4. The highest BCUT2D eigenvalue weighted by Gasteiger charge is 2.04. The van der Waals surface area contributed by atoms with Gasteiger partial charge in [-0.2, -0.15) is 0 Å². The first kappa shape index (κ1) is 17.0. The molecule has 0 aliphatic rings. The topological polar surface area (TPSA) is 21.3 Å². The second-order valence-electron chi connectivity index (χ2n) is 4.97. The van der Waals surface area contributed by atoms with Crippen LogP contribution in [0, 0.1) is 5.92 Å². The Morgan fingerprint density at radius 2 is 2.16 bits per heavy atom. The third-order valence-corrected chi connectivity index (χ3v) is 4.32. The lowest BCUT2D eigenvalue weighted by molar-refractivity contribution is 0.200. The minimum Gasteiger partial charge on any atom is -0.385 e. The molecule has 0 bridgehead atoms. The Hall–Kier alpha value is -0.0300. The van der Waals surface area contributed by atoms with Gasteiger partial charge in [0.2, 0.25) is 0 Å². The monoisotopic (exact) mass is 345 g/mol. The first-order valence-electron chi connectivity index (χ1n) is 6.74. The number of thioether (sulfide) groups is 1. The highest BCUT2D eigenvalue weighted by atomic mass is 79.9. The first-order chi connectivity index (χ1) is 9.13. The highest BCUT2D eigenvalue weighted by molar-refractivity contribution is 9.10. The molecule has 0 aliphatic heterocycles. The molecule has 1 rings (SSSR count). The average Bonchev–Trinajstić information content (AvgIpc) is 2.36. The van der Waals surface area contributed by atoms with E-state index < -0.39 is 0 Å². The van der Waals surface area contributed by atoms with Crippen molar-refractivity contribution in [3.63, 3.8) is 0 Å². The minimum absolute atomic E-state index is 0.688. The van der Waals surface area contributed by atoms with E-state index in [1.165, 1.54) is 10.5 Å². The van der Waals surface area contributed by atoms with Crippen LogP contribution in [0.3, 0.4) is 0 Å². The molecule has 0 amide bonds. The molecule has 0 heterocycles. The molecule has 0 aromatic heterocycles. The summed E-state index contributed by atoms with van der Waals surface area (Å²) in [7, 11) is 1.75. The van der Waals surface area contributed by atoms with E-state index in [1.807, 2.05) is 11.8 Å². The van der Waals surface area contributed by atoms with Crippen molar-refractivity contribution < 1.29 is 4.74 Å². The molecule has 19 heavy (non-hydrogen) atoms. The van der Waals surface area contributed by atoms with Crippen LogP contribution in [0.4, 0.5) is 0 Å². The molecule has 0 saturated carbocycles. The third kappa shape index (κ3) is 7.35. The molecule has 0 atom stereocenters. The average molecular weight is 346 g/mol. The van der Waals surface area contributed by atoms with Gasteiger partial charge in [-0.3, -0.25) is 0 Å². The summed E-state index contributed by atoms with van der Waals surface area (Å²) in [5.41, 5.74) is 1.38. The largest absolute Gasteiger partial charge is 0.385 e.